The molecule has 24 heteroatoms. The molecule has 4 aromatic carbocycles. The van der Waals surface area contributed by atoms with Gasteiger partial charge < -0.3 is 0 Å². The van der Waals surface area contributed by atoms with E-state index in [4.69, 9.17) is 0 Å². The van der Waals surface area contributed by atoms with E-state index >= 15 is 70.2 Å². The summed E-state index contributed by atoms with van der Waals surface area (Å²) >= 11 is 0. The van der Waals surface area contributed by atoms with Gasteiger partial charge in [0, 0.05) is 0 Å². The number of allylic oxidation sites excluding steroid dienone is 2. The van der Waals surface area contributed by atoms with Gasteiger partial charge in [0.05, 0.1) is 12.5 Å². The minimum atomic E-state index is -5.39. The maximum Gasteiger partial charge on any atom is 0.356 e. The lowest BCUT2D eigenvalue weighted by Gasteiger charge is -2.56. The molecular formula is C38H26B2F20S2. The number of hydrogen-bond donors (Lipinski definition) is 0. The van der Waals surface area contributed by atoms with Gasteiger partial charge >= 0.3 is 10.8 Å². The highest BCUT2D eigenvalue weighted by Crippen LogP contribution is 2.51. The minimum absolute atomic E-state index is 0.398. The molecular weight excluding hydrogens is 922 g/mol. The zero-order chi connectivity index (χ0) is 47.6. The van der Waals surface area contributed by atoms with Gasteiger partial charge in [-0.15, -0.1) is 0 Å². The molecule has 2 unspecified atom stereocenters. The lowest BCUT2D eigenvalue weighted by Crippen LogP contribution is -2.82. The molecule has 1 fully saturated rings. The maximum absolute atomic E-state index is 16.7. The van der Waals surface area contributed by atoms with E-state index < -0.39 is 191 Å². The van der Waals surface area contributed by atoms with Crippen molar-refractivity contribution in [1.29, 1.82) is 0 Å². The summed E-state index contributed by atoms with van der Waals surface area (Å²) in [6.07, 6.45) is 1.79. The molecule has 0 nitrogen and oxygen atoms in total. The molecule has 336 valence electrons. The van der Waals surface area contributed by atoms with E-state index in [9.17, 15) is 17.6 Å². The van der Waals surface area contributed by atoms with Gasteiger partial charge in [-0.1, -0.05) is 75.5 Å². The van der Waals surface area contributed by atoms with Crippen molar-refractivity contribution < 1.29 is 87.8 Å². The Morgan fingerprint density at radius 3 is 0.532 bits per heavy atom. The first-order chi connectivity index (χ1) is 28.2. The molecule has 1 aliphatic heterocycles. The van der Waals surface area contributed by atoms with E-state index in [0.29, 0.717) is 24.7 Å². The van der Waals surface area contributed by atoms with E-state index in [-0.39, 0.29) is 0 Å². The summed E-state index contributed by atoms with van der Waals surface area (Å²) < 4.78 is 316. The van der Waals surface area contributed by atoms with Gasteiger partial charge in [-0.2, -0.15) is 0 Å². The maximum atomic E-state index is 16.7. The minimum Gasteiger partial charge on any atom is -0.210 e. The van der Waals surface area contributed by atoms with Gasteiger partial charge in [-0.3, -0.25) is 0 Å². The molecule has 5 rings (SSSR count). The van der Waals surface area contributed by atoms with Crippen molar-refractivity contribution in [3.8, 4) is 0 Å². The van der Waals surface area contributed by atoms with Gasteiger partial charge in [-0.05, 0) is 20.4 Å². The van der Waals surface area contributed by atoms with Crippen molar-refractivity contribution in [3.05, 3.63) is 138 Å². The van der Waals surface area contributed by atoms with Crippen LogP contribution in [0.25, 0.3) is 0 Å². The van der Waals surface area contributed by atoms with Crippen LogP contribution in [0.2, 0.25) is 0 Å². The van der Waals surface area contributed by atoms with Gasteiger partial charge in [-0.25, -0.2) is 109 Å². The molecule has 0 bridgehead atoms. The molecule has 62 heavy (non-hydrogen) atoms. The van der Waals surface area contributed by atoms with E-state index in [2.05, 4.69) is 0 Å². The van der Waals surface area contributed by atoms with E-state index in [1.165, 1.54) is 0 Å². The topological polar surface area (TPSA) is 0 Å². The zero-order valence-corrected chi connectivity index (χ0v) is 34.3. The standard InChI is InChI=1S/C38H26B2F20S2/c1-37(2,3)9-11-39(13-17(41)25(49)33(57)26(50)18(13)42,14-19(43)27(51)34(58)28(52)20(14)44)62(8)12(10-38(4,5)6)40(61(11)7,15-21(45)29(53)35(59)30(54)22(15)46)16-23(47)31(55)36(60)32(56)24(16)48/h9-10H,1-8H3/b11-9-,12-10-. The molecule has 0 spiro atoms. The van der Waals surface area contributed by atoms with Gasteiger partial charge in [0.1, 0.15) is 46.5 Å². The van der Waals surface area contributed by atoms with Crippen LogP contribution >= 0.6 is 0 Å². The van der Waals surface area contributed by atoms with Gasteiger partial charge in [0.15, 0.2) is 69.8 Å². The van der Waals surface area contributed by atoms with Crippen LogP contribution in [-0.4, -0.2) is 23.4 Å². The highest BCUT2D eigenvalue weighted by atomic mass is 32.2. The Bertz CT molecular complexity index is 2230. The van der Waals surface area contributed by atoms with Crippen molar-refractivity contribution in [2.45, 2.75) is 41.5 Å². The average Bonchev–Trinajstić information content (AvgIpc) is 3.18. The lowest BCUT2D eigenvalue weighted by molar-refractivity contribution is 0.382. The van der Waals surface area contributed by atoms with Crippen molar-refractivity contribution >= 4 is 54.2 Å². The van der Waals surface area contributed by atoms with Crippen molar-refractivity contribution in [3.63, 3.8) is 0 Å². The fraction of sp³-hybridized carbons (Fsp3) is 0.263. The summed E-state index contributed by atoms with van der Waals surface area (Å²) in [5, 5.41) is 0. The molecule has 0 aromatic heterocycles. The summed E-state index contributed by atoms with van der Waals surface area (Å²) in [6, 6.07) is 0. The Hall–Kier alpha value is -4.21. The van der Waals surface area contributed by atoms with Crippen LogP contribution < -0.4 is 21.9 Å². The van der Waals surface area contributed by atoms with Crippen LogP contribution in [0.4, 0.5) is 87.8 Å². The molecule has 2 atom stereocenters. The summed E-state index contributed by atoms with van der Waals surface area (Å²) in [4.78, 5) is -3.01. The van der Waals surface area contributed by atoms with Crippen LogP contribution in [-0.2, 0) is 21.5 Å². The first-order valence-corrected chi connectivity index (χ1v) is 20.8. The Kier molecular flexibility index (Phi) is 12.4. The Morgan fingerprint density at radius 1 is 0.274 bits per heavy atom. The molecule has 1 saturated heterocycles. The summed E-state index contributed by atoms with van der Waals surface area (Å²) in [5.74, 6) is -59.8. The lowest BCUT2D eigenvalue weighted by atomic mass is 9.34. The molecule has 0 N–H and O–H groups in total. The van der Waals surface area contributed by atoms with Crippen molar-refractivity contribution in [2.24, 2.45) is 10.8 Å². The Morgan fingerprint density at radius 2 is 0.403 bits per heavy atom. The number of benzene rings is 4. The van der Waals surface area contributed by atoms with Crippen LogP contribution in [0.5, 0.6) is 0 Å². The third-order valence-corrected chi connectivity index (χ3v) is 16.7. The van der Waals surface area contributed by atoms with E-state index in [1.54, 1.807) is 0 Å². The third kappa shape index (κ3) is 6.73. The Balaban J connectivity index is 2.39. The smallest absolute Gasteiger partial charge is 0.210 e. The van der Waals surface area contributed by atoms with Crippen LogP contribution in [0.15, 0.2) is 21.8 Å². The SMILES string of the molecule is C[S+]1/C(=C\C(C)(C)C)[B-](c2c(F)c(F)c(F)c(F)c2F)(c2c(F)c(F)c(F)c(F)c2F)[S+](C)/C(=C\C(C)(C)C)[B-]1(c1c(F)c(F)c(F)c(F)c1F)c1c(F)c(F)c(F)c(F)c1F. The molecule has 0 radical (unpaired) electrons. The summed E-state index contributed by atoms with van der Waals surface area (Å²) in [7, 11) is -7.02. The van der Waals surface area contributed by atoms with Crippen molar-refractivity contribution in [2.75, 3.05) is 12.5 Å². The van der Waals surface area contributed by atoms with Crippen LogP contribution in [0.3, 0.4) is 0 Å². The second-order valence-corrected chi connectivity index (χ2v) is 21.0. The second-order valence-electron chi connectivity index (χ2n) is 16.4. The first-order valence-electron chi connectivity index (χ1n) is 17.4. The molecule has 1 aliphatic rings. The molecule has 0 saturated carbocycles. The number of hydrogen-bond acceptors (Lipinski definition) is 0. The second kappa shape index (κ2) is 15.8. The van der Waals surface area contributed by atoms with E-state index in [0.717, 1.165) is 41.5 Å². The highest BCUT2D eigenvalue weighted by Gasteiger charge is 2.72. The summed E-state index contributed by atoms with van der Waals surface area (Å²) in [5.41, 5.74) is -24.2. The predicted molar refractivity (Wildman–Crippen MR) is 197 cm³/mol. The molecule has 0 amide bonds. The normalized spacial score (nSPS) is 19.3. The first kappa shape index (κ1) is 48.8. The van der Waals surface area contributed by atoms with Crippen LogP contribution in [0.1, 0.15) is 41.5 Å². The van der Waals surface area contributed by atoms with E-state index in [1.807, 2.05) is 0 Å². The molecule has 0 aliphatic carbocycles. The predicted octanol–water partition coefficient (Wildman–Crippen LogP) is 9.74. The van der Waals surface area contributed by atoms with Gasteiger partial charge in [0.25, 0.3) is 0 Å². The average molecular weight is 948 g/mol. The highest BCUT2D eigenvalue weighted by molar-refractivity contribution is 8.47. The monoisotopic (exact) mass is 948 g/mol. The fourth-order valence-corrected chi connectivity index (χ4v) is 16.3. The molecule has 4 aromatic rings. The largest absolute Gasteiger partial charge is 0.356 e. The number of halogens is 20. The quantitative estimate of drug-likeness (QED) is 0.0629. The zero-order valence-electron chi connectivity index (χ0n) is 32.7. The van der Waals surface area contributed by atoms with Crippen molar-refractivity contribution in [1.82, 2.24) is 0 Å². The third-order valence-electron chi connectivity index (χ3n) is 10.4. The Labute approximate surface area is 344 Å². The fourth-order valence-electron chi connectivity index (χ4n) is 8.03. The summed E-state index contributed by atoms with van der Waals surface area (Å²) in [6.45, 7) is 6.30. The number of rotatable bonds is 4. The van der Waals surface area contributed by atoms with Gasteiger partial charge in [0.2, 0.25) is 0 Å². The molecule has 1 heterocycles. The van der Waals surface area contributed by atoms with Crippen LogP contribution in [0, 0.1) is 127 Å².